The van der Waals surface area contributed by atoms with Gasteiger partial charge in [-0.3, -0.25) is 9.36 Å². The van der Waals surface area contributed by atoms with E-state index in [2.05, 4.69) is 22.4 Å². The maximum atomic E-state index is 11.5. The molecule has 0 fully saturated rings. The maximum Gasteiger partial charge on any atom is 0.254 e. The molecule has 0 atom stereocenters. The number of hydrogen-bond acceptors (Lipinski definition) is 4. The van der Waals surface area contributed by atoms with Gasteiger partial charge in [-0.1, -0.05) is 30.3 Å². The highest BCUT2D eigenvalue weighted by Crippen LogP contribution is 1.99. The van der Waals surface area contributed by atoms with Gasteiger partial charge in [-0.15, -0.1) is 0 Å². The number of aromatic nitrogens is 2. The highest BCUT2D eigenvalue weighted by Gasteiger charge is 2.02. The molecule has 5 nitrogen and oxygen atoms in total. The van der Waals surface area contributed by atoms with Gasteiger partial charge in [0.2, 0.25) is 5.95 Å². The number of nitrogen functional groups attached to an aromatic ring is 1. The summed E-state index contributed by atoms with van der Waals surface area (Å²) in [6.07, 6.45) is 0.946. The molecule has 0 amide bonds. The Labute approximate surface area is 112 Å². The minimum atomic E-state index is -0.132. The first kappa shape index (κ1) is 13.3. The first-order valence-corrected chi connectivity index (χ1v) is 6.24. The number of nitrogens with zero attached hydrogens (tertiary/aromatic N) is 2. The second-order valence-electron chi connectivity index (χ2n) is 4.42. The molecule has 0 aliphatic carbocycles. The summed E-state index contributed by atoms with van der Waals surface area (Å²) in [5.41, 5.74) is 7.47. The Balaban J connectivity index is 1.85. The molecule has 2 rings (SSSR count). The van der Waals surface area contributed by atoms with Crippen molar-refractivity contribution in [1.29, 1.82) is 0 Å². The number of anilines is 1. The summed E-state index contributed by atoms with van der Waals surface area (Å²) in [7, 11) is 1.61. The maximum absolute atomic E-state index is 11.5. The van der Waals surface area contributed by atoms with E-state index in [-0.39, 0.29) is 11.5 Å². The quantitative estimate of drug-likeness (QED) is 0.774. The molecular weight excluding hydrogens is 240 g/mol. The van der Waals surface area contributed by atoms with Gasteiger partial charge in [0.15, 0.2) is 0 Å². The fraction of sp³-hybridized carbons (Fsp3) is 0.286. The van der Waals surface area contributed by atoms with Crippen molar-refractivity contribution in [3.63, 3.8) is 0 Å². The monoisotopic (exact) mass is 258 g/mol. The standard InChI is InChI=1S/C14H18N4O/c1-18-13(19)9-12(17-14(18)15)10-16-8-7-11-5-3-2-4-6-11/h2-6,9,16H,7-8,10H2,1H3,(H2,15,17). The predicted octanol–water partition coefficient (Wildman–Crippen LogP) is 0.695. The van der Waals surface area contributed by atoms with Gasteiger partial charge in [0, 0.05) is 19.7 Å². The third-order valence-electron chi connectivity index (χ3n) is 2.96. The fourth-order valence-corrected chi connectivity index (χ4v) is 1.79. The normalized spacial score (nSPS) is 10.6. The average molecular weight is 258 g/mol. The lowest BCUT2D eigenvalue weighted by atomic mass is 10.1. The fourth-order valence-electron chi connectivity index (χ4n) is 1.79. The summed E-state index contributed by atoms with van der Waals surface area (Å²) in [5.74, 6) is 0.243. The zero-order valence-corrected chi connectivity index (χ0v) is 11.0. The summed E-state index contributed by atoms with van der Waals surface area (Å²) < 4.78 is 1.33. The lowest BCUT2D eigenvalue weighted by molar-refractivity contribution is 0.667. The predicted molar refractivity (Wildman–Crippen MR) is 75.7 cm³/mol. The second-order valence-corrected chi connectivity index (χ2v) is 4.42. The first-order chi connectivity index (χ1) is 9.16. The van der Waals surface area contributed by atoms with Crippen molar-refractivity contribution in [3.8, 4) is 0 Å². The molecule has 19 heavy (non-hydrogen) atoms. The van der Waals surface area contributed by atoms with Crippen LogP contribution >= 0.6 is 0 Å². The van der Waals surface area contributed by atoms with Crippen LogP contribution in [0.3, 0.4) is 0 Å². The molecule has 0 bridgehead atoms. The van der Waals surface area contributed by atoms with Gasteiger partial charge in [0.05, 0.1) is 5.69 Å². The number of benzene rings is 1. The molecule has 0 radical (unpaired) electrons. The van der Waals surface area contributed by atoms with Crippen LogP contribution in [0.25, 0.3) is 0 Å². The third-order valence-corrected chi connectivity index (χ3v) is 2.96. The molecule has 0 saturated carbocycles. The lowest BCUT2D eigenvalue weighted by Gasteiger charge is -2.07. The Hall–Kier alpha value is -2.14. The summed E-state index contributed by atoms with van der Waals surface area (Å²) >= 11 is 0. The van der Waals surface area contributed by atoms with E-state index < -0.39 is 0 Å². The molecule has 1 aromatic heterocycles. The van der Waals surface area contributed by atoms with Gasteiger partial charge < -0.3 is 11.1 Å². The molecule has 0 saturated heterocycles. The summed E-state index contributed by atoms with van der Waals surface area (Å²) in [4.78, 5) is 15.7. The SMILES string of the molecule is Cn1c(N)nc(CNCCc2ccccc2)cc1=O. The largest absolute Gasteiger partial charge is 0.369 e. The van der Waals surface area contributed by atoms with E-state index in [4.69, 9.17) is 5.73 Å². The van der Waals surface area contributed by atoms with E-state index in [0.717, 1.165) is 13.0 Å². The molecule has 0 aliphatic rings. The van der Waals surface area contributed by atoms with Gasteiger partial charge in [0.25, 0.3) is 5.56 Å². The van der Waals surface area contributed by atoms with E-state index in [1.165, 1.54) is 16.2 Å². The lowest BCUT2D eigenvalue weighted by Crippen LogP contribution is -2.24. The number of nitrogens with one attached hydrogen (secondary N) is 1. The zero-order valence-electron chi connectivity index (χ0n) is 11.0. The van der Waals surface area contributed by atoms with Crippen LogP contribution < -0.4 is 16.6 Å². The Morgan fingerprint density at radius 3 is 2.74 bits per heavy atom. The Kier molecular flexibility index (Phi) is 4.30. The molecule has 3 N–H and O–H groups in total. The van der Waals surface area contributed by atoms with Crippen LogP contribution in [0.5, 0.6) is 0 Å². The number of hydrogen-bond donors (Lipinski definition) is 2. The third kappa shape index (κ3) is 3.66. The smallest absolute Gasteiger partial charge is 0.254 e. The van der Waals surface area contributed by atoms with Crippen LogP contribution in [0.2, 0.25) is 0 Å². The molecule has 100 valence electrons. The molecule has 0 aliphatic heterocycles. The summed E-state index contributed by atoms with van der Waals surface area (Å²) in [6.45, 7) is 1.38. The van der Waals surface area contributed by atoms with Crippen molar-refractivity contribution in [2.24, 2.45) is 7.05 Å². The van der Waals surface area contributed by atoms with Crippen molar-refractivity contribution in [1.82, 2.24) is 14.9 Å². The van der Waals surface area contributed by atoms with Crippen LogP contribution in [0.1, 0.15) is 11.3 Å². The van der Waals surface area contributed by atoms with Crippen LogP contribution in [0.15, 0.2) is 41.2 Å². The van der Waals surface area contributed by atoms with E-state index in [1.807, 2.05) is 18.2 Å². The van der Waals surface area contributed by atoms with Gasteiger partial charge in [-0.2, -0.15) is 0 Å². The van der Waals surface area contributed by atoms with E-state index in [0.29, 0.717) is 12.2 Å². The van der Waals surface area contributed by atoms with E-state index in [9.17, 15) is 4.79 Å². The number of nitrogens with two attached hydrogens (primary N) is 1. The van der Waals surface area contributed by atoms with E-state index in [1.54, 1.807) is 7.05 Å². The van der Waals surface area contributed by atoms with Gasteiger partial charge in [-0.05, 0) is 18.5 Å². The van der Waals surface area contributed by atoms with Crippen LogP contribution in [-0.2, 0) is 20.0 Å². The van der Waals surface area contributed by atoms with Crippen LogP contribution in [-0.4, -0.2) is 16.1 Å². The van der Waals surface area contributed by atoms with Crippen LogP contribution in [0, 0.1) is 0 Å². The molecule has 0 unspecified atom stereocenters. The second kappa shape index (κ2) is 6.15. The van der Waals surface area contributed by atoms with Crippen LogP contribution in [0.4, 0.5) is 5.95 Å². The van der Waals surface area contributed by atoms with Crippen molar-refractivity contribution < 1.29 is 0 Å². The summed E-state index contributed by atoms with van der Waals surface area (Å²) in [6, 6.07) is 11.7. The molecule has 2 aromatic rings. The minimum absolute atomic E-state index is 0.132. The van der Waals surface area contributed by atoms with Gasteiger partial charge in [0.1, 0.15) is 0 Å². The molecule has 1 heterocycles. The Morgan fingerprint density at radius 1 is 1.32 bits per heavy atom. The molecule has 0 spiro atoms. The molecular formula is C14H18N4O. The van der Waals surface area contributed by atoms with Gasteiger partial charge >= 0.3 is 0 Å². The zero-order chi connectivity index (χ0) is 13.7. The molecule has 1 aromatic carbocycles. The highest BCUT2D eigenvalue weighted by molar-refractivity contribution is 5.20. The Bertz CT molecular complexity index is 592. The van der Waals surface area contributed by atoms with Crippen molar-refractivity contribution in [2.75, 3.05) is 12.3 Å². The highest BCUT2D eigenvalue weighted by atomic mass is 16.1. The van der Waals surface area contributed by atoms with Crippen molar-refractivity contribution in [2.45, 2.75) is 13.0 Å². The number of rotatable bonds is 5. The Morgan fingerprint density at radius 2 is 2.05 bits per heavy atom. The minimum Gasteiger partial charge on any atom is -0.369 e. The molecule has 5 heteroatoms. The van der Waals surface area contributed by atoms with Crippen molar-refractivity contribution in [3.05, 3.63) is 58.0 Å². The van der Waals surface area contributed by atoms with Gasteiger partial charge in [-0.25, -0.2) is 4.98 Å². The average Bonchev–Trinajstić information content (AvgIpc) is 2.42. The van der Waals surface area contributed by atoms with Crippen molar-refractivity contribution >= 4 is 5.95 Å². The summed E-state index contributed by atoms with van der Waals surface area (Å²) in [5, 5.41) is 3.26. The topological polar surface area (TPSA) is 72.9 Å². The van der Waals surface area contributed by atoms with E-state index >= 15 is 0 Å². The first-order valence-electron chi connectivity index (χ1n) is 6.24.